The van der Waals surface area contributed by atoms with Gasteiger partial charge in [0.1, 0.15) is 5.52 Å². The summed E-state index contributed by atoms with van der Waals surface area (Å²) < 4.78 is 0. The van der Waals surface area contributed by atoms with Gasteiger partial charge in [-0.2, -0.15) is 0 Å². The topological polar surface area (TPSA) is 68.1 Å². The lowest BCUT2D eigenvalue weighted by Crippen LogP contribution is -2.14. The molecule has 0 radical (unpaired) electrons. The Hall–Kier alpha value is -2.61. The van der Waals surface area contributed by atoms with Crippen molar-refractivity contribution in [3.63, 3.8) is 0 Å². The minimum atomic E-state index is -0.427. The molecule has 5 nitrogen and oxygen atoms in total. The molecule has 0 fully saturated rings. The normalized spacial score (nSPS) is 11.8. The standard InChI is InChI=1S/C14H13N3O2/c1-3-5-10(2)16-12-7-8-13(17(18)19)14-11(12)6-4-9-15-14/h1,4,6-10,16H,5H2,2H3. The number of hydrogen-bond acceptors (Lipinski definition) is 4. The fraction of sp³-hybridized carbons (Fsp3) is 0.214. The summed E-state index contributed by atoms with van der Waals surface area (Å²) >= 11 is 0. The van der Waals surface area contributed by atoms with Crippen molar-refractivity contribution in [1.29, 1.82) is 0 Å². The number of nitro groups is 1. The van der Waals surface area contributed by atoms with Crippen molar-refractivity contribution in [3.05, 3.63) is 40.6 Å². The Morgan fingerprint density at radius 1 is 1.53 bits per heavy atom. The maximum atomic E-state index is 11.0. The van der Waals surface area contributed by atoms with E-state index in [1.807, 2.05) is 6.92 Å². The molecular formula is C14H13N3O2. The number of rotatable bonds is 4. The van der Waals surface area contributed by atoms with Crippen LogP contribution in [0.4, 0.5) is 11.4 Å². The SMILES string of the molecule is C#CCC(C)Nc1ccc([N+](=O)[O-])c2ncccc12. The van der Waals surface area contributed by atoms with Crippen LogP contribution in [0.1, 0.15) is 13.3 Å². The van der Waals surface area contributed by atoms with Crippen molar-refractivity contribution < 1.29 is 4.92 Å². The monoisotopic (exact) mass is 255 g/mol. The molecule has 96 valence electrons. The Morgan fingerprint density at radius 2 is 2.32 bits per heavy atom. The smallest absolute Gasteiger partial charge is 0.295 e. The Morgan fingerprint density at radius 3 is 3.00 bits per heavy atom. The number of terminal acetylenes is 1. The maximum Gasteiger partial charge on any atom is 0.295 e. The van der Waals surface area contributed by atoms with Crippen LogP contribution in [0.25, 0.3) is 10.9 Å². The number of nitro benzene ring substituents is 1. The fourth-order valence-corrected chi connectivity index (χ4v) is 1.92. The number of nitrogens with one attached hydrogen (secondary N) is 1. The summed E-state index contributed by atoms with van der Waals surface area (Å²) in [5.74, 6) is 2.58. The first-order chi connectivity index (χ1) is 9.13. The van der Waals surface area contributed by atoms with Crippen LogP contribution in [0.5, 0.6) is 0 Å². The zero-order chi connectivity index (χ0) is 13.8. The summed E-state index contributed by atoms with van der Waals surface area (Å²) in [5, 5.41) is 14.9. The lowest BCUT2D eigenvalue weighted by molar-refractivity contribution is -0.383. The van der Waals surface area contributed by atoms with Gasteiger partial charge in [-0.25, -0.2) is 4.98 Å². The third kappa shape index (κ3) is 2.63. The molecule has 1 aromatic carbocycles. The van der Waals surface area contributed by atoms with Gasteiger partial charge in [-0.05, 0) is 25.1 Å². The number of pyridine rings is 1. The number of hydrogen-bond donors (Lipinski definition) is 1. The summed E-state index contributed by atoms with van der Waals surface area (Å²) in [5.41, 5.74) is 1.19. The van der Waals surface area contributed by atoms with Crippen LogP contribution in [-0.4, -0.2) is 15.9 Å². The average molecular weight is 255 g/mol. The molecular weight excluding hydrogens is 242 g/mol. The second kappa shape index (κ2) is 5.36. The van der Waals surface area contributed by atoms with Crippen molar-refractivity contribution >= 4 is 22.3 Å². The average Bonchev–Trinajstić information content (AvgIpc) is 2.39. The highest BCUT2D eigenvalue weighted by atomic mass is 16.6. The van der Waals surface area contributed by atoms with Gasteiger partial charge in [-0.3, -0.25) is 10.1 Å². The second-order valence-electron chi connectivity index (χ2n) is 4.24. The number of aromatic nitrogens is 1. The highest BCUT2D eigenvalue weighted by Crippen LogP contribution is 2.30. The van der Waals surface area contributed by atoms with E-state index in [0.29, 0.717) is 11.9 Å². The molecule has 0 aliphatic rings. The van der Waals surface area contributed by atoms with Gasteiger partial charge in [-0.15, -0.1) is 12.3 Å². The third-order valence-corrected chi connectivity index (χ3v) is 2.77. The lowest BCUT2D eigenvalue weighted by Gasteiger charge is -2.14. The van der Waals surface area contributed by atoms with Crippen LogP contribution >= 0.6 is 0 Å². The Labute approximate surface area is 110 Å². The van der Waals surface area contributed by atoms with Crippen LogP contribution in [-0.2, 0) is 0 Å². The van der Waals surface area contributed by atoms with Gasteiger partial charge >= 0.3 is 0 Å². The molecule has 1 aromatic heterocycles. The van der Waals surface area contributed by atoms with Gasteiger partial charge in [0.25, 0.3) is 5.69 Å². The summed E-state index contributed by atoms with van der Waals surface area (Å²) in [6, 6.07) is 6.80. The van der Waals surface area contributed by atoms with Crippen molar-refractivity contribution in [3.8, 4) is 12.3 Å². The van der Waals surface area contributed by atoms with Crippen LogP contribution in [0.15, 0.2) is 30.5 Å². The van der Waals surface area contributed by atoms with Crippen LogP contribution in [0.3, 0.4) is 0 Å². The first-order valence-corrected chi connectivity index (χ1v) is 5.85. The summed E-state index contributed by atoms with van der Waals surface area (Å²) in [6.07, 6.45) is 7.40. The number of non-ortho nitro benzene ring substituents is 1. The van der Waals surface area contributed by atoms with Crippen LogP contribution in [0.2, 0.25) is 0 Å². The molecule has 5 heteroatoms. The van der Waals surface area contributed by atoms with Crippen molar-refractivity contribution in [1.82, 2.24) is 4.98 Å². The van der Waals surface area contributed by atoms with Gasteiger partial charge in [-0.1, -0.05) is 0 Å². The van der Waals surface area contributed by atoms with E-state index in [1.165, 1.54) is 6.07 Å². The molecule has 0 amide bonds. The molecule has 0 aliphatic carbocycles. The molecule has 0 saturated carbocycles. The fourth-order valence-electron chi connectivity index (χ4n) is 1.92. The van der Waals surface area contributed by atoms with E-state index in [-0.39, 0.29) is 11.7 Å². The number of anilines is 1. The Bertz CT molecular complexity index is 661. The first-order valence-electron chi connectivity index (χ1n) is 5.85. The highest BCUT2D eigenvalue weighted by molar-refractivity contribution is 5.96. The maximum absolute atomic E-state index is 11.0. The van der Waals surface area contributed by atoms with Gasteiger partial charge in [0.2, 0.25) is 0 Å². The van der Waals surface area contributed by atoms with Crippen molar-refractivity contribution in [2.24, 2.45) is 0 Å². The largest absolute Gasteiger partial charge is 0.381 e. The van der Waals surface area contributed by atoms with E-state index in [0.717, 1.165) is 11.1 Å². The van der Waals surface area contributed by atoms with E-state index in [9.17, 15) is 10.1 Å². The van der Waals surface area contributed by atoms with E-state index >= 15 is 0 Å². The molecule has 0 spiro atoms. The molecule has 19 heavy (non-hydrogen) atoms. The predicted molar refractivity (Wildman–Crippen MR) is 74.9 cm³/mol. The van der Waals surface area contributed by atoms with E-state index in [1.54, 1.807) is 24.4 Å². The summed E-state index contributed by atoms with van der Waals surface area (Å²) in [7, 11) is 0. The number of benzene rings is 1. The van der Waals surface area contributed by atoms with Gasteiger partial charge < -0.3 is 5.32 Å². The van der Waals surface area contributed by atoms with Crippen LogP contribution in [0, 0.1) is 22.5 Å². The lowest BCUT2D eigenvalue weighted by atomic mass is 10.1. The van der Waals surface area contributed by atoms with E-state index < -0.39 is 4.92 Å². The molecule has 0 aliphatic heterocycles. The molecule has 1 unspecified atom stereocenters. The molecule has 1 atom stereocenters. The second-order valence-corrected chi connectivity index (χ2v) is 4.24. The molecule has 2 rings (SSSR count). The highest BCUT2D eigenvalue weighted by Gasteiger charge is 2.15. The minimum Gasteiger partial charge on any atom is -0.381 e. The van der Waals surface area contributed by atoms with Gasteiger partial charge in [0, 0.05) is 35.8 Å². The molecule has 1 N–H and O–H groups in total. The summed E-state index contributed by atoms with van der Waals surface area (Å²) in [6.45, 7) is 1.96. The first kappa shape index (κ1) is 12.8. The van der Waals surface area contributed by atoms with E-state index in [2.05, 4.69) is 16.2 Å². The molecule has 2 aromatic rings. The Balaban J connectivity index is 2.50. The van der Waals surface area contributed by atoms with E-state index in [4.69, 9.17) is 6.42 Å². The van der Waals surface area contributed by atoms with Crippen molar-refractivity contribution in [2.75, 3.05) is 5.32 Å². The number of fused-ring (bicyclic) bond motifs is 1. The van der Waals surface area contributed by atoms with Crippen LogP contribution < -0.4 is 5.32 Å². The zero-order valence-electron chi connectivity index (χ0n) is 10.5. The predicted octanol–water partition coefficient (Wildman–Crippen LogP) is 2.97. The minimum absolute atomic E-state index is 0.00533. The Kier molecular flexibility index (Phi) is 3.62. The van der Waals surface area contributed by atoms with Crippen molar-refractivity contribution in [2.45, 2.75) is 19.4 Å². The quantitative estimate of drug-likeness (QED) is 0.518. The van der Waals surface area contributed by atoms with Gasteiger partial charge in [0.15, 0.2) is 0 Å². The zero-order valence-corrected chi connectivity index (χ0v) is 10.5. The molecule has 0 saturated heterocycles. The molecule has 1 heterocycles. The molecule has 0 bridgehead atoms. The summed E-state index contributed by atoms with van der Waals surface area (Å²) in [4.78, 5) is 14.6. The third-order valence-electron chi connectivity index (χ3n) is 2.77. The number of nitrogens with zero attached hydrogens (tertiary/aromatic N) is 2. The van der Waals surface area contributed by atoms with Gasteiger partial charge in [0.05, 0.1) is 4.92 Å².